The Bertz CT molecular complexity index is 761. The first kappa shape index (κ1) is 19.5. The molecule has 27 heavy (non-hydrogen) atoms. The average Bonchev–Trinajstić information content (AvgIpc) is 2.70. The van der Waals surface area contributed by atoms with Crippen molar-refractivity contribution in [3.63, 3.8) is 0 Å². The zero-order chi connectivity index (χ0) is 19.3. The highest BCUT2D eigenvalue weighted by Gasteiger charge is 2.49. The smallest absolute Gasteiger partial charge is 0.202 e. The van der Waals surface area contributed by atoms with Crippen molar-refractivity contribution in [3.05, 3.63) is 91.0 Å². The molecule has 0 saturated carbocycles. The van der Waals surface area contributed by atoms with Crippen LogP contribution >= 0.6 is 7.26 Å². The monoisotopic (exact) mass is 375 g/mol. The van der Waals surface area contributed by atoms with E-state index < -0.39 is 7.26 Å². The van der Waals surface area contributed by atoms with Gasteiger partial charge in [-0.25, -0.2) is 4.58 Å². The van der Waals surface area contributed by atoms with Crippen molar-refractivity contribution < 1.29 is 4.58 Å². The minimum atomic E-state index is -1.92. The maximum atomic E-state index is 2.56. The first-order valence-corrected chi connectivity index (χ1v) is 11.6. The van der Waals surface area contributed by atoms with E-state index in [1.165, 1.54) is 15.9 Å². The van der Waals surface area contributed by atoms with E-state index >= 15 is 0 Å². The van der Waals surface area contributed by atoms with Crippen molar-refractivity contribution in [3.8, 4) is 0 Å². The van der Waals surface area contributed by atoms with Crippen LogP contribution in [0.5, 0.6) is 0 Å². The van der Waals surface area contributed by atoms with Crippen LogP contribution < -0.4 is 15.9 Å². The first-order valence-electron chi connectivity index (χ1n) is 9.75. The van der Waals surface area contributed by atoms with Gasteiger partial charge in [-0.1, -0.05) is 54.6 Å². The van der Waals surface area contributed by atoms with Crippen LogP contribution in [0.3, 0.4) is 0 Å². The van der Waals surface area contributed by atoms with Crippen LogP contribution in [0.25, 0.3) is 0 Å². The van der Waals surface area contributed by atoms with Gasteiger partial charge in [-0.15, -0.1) is 0 Å². The van der Waals surface area contributed by atoms with Gasteiger partial charge in [0.25, 0.3) is 5.96 Å². The van der Waals surface area contributed by atoms with E-state index in [1.54, 1.807) is 0 Å². The van der Waals surface area contributed by atoms with Crippen molar-refractivity contribution in [2.24, 2.45) is 0 Å². The van der Waals surface area contributed by atoms with E-state index in [9.17, 15) is 0 Å². The molecule has 0 fully saturated rings. The summed E-state index contributed by atoms with van der Waals surface area (Å²) < 4.78 is 2.53. The number of rotatable bonds is 6. The standard InChI is InChI=1S/C25H30NP/c1-21(2)26(22(3)4)20-27(23-14-8-5-9-15-23,24-16-10-6-11-17-24)25-18-12-7-13-19-25/h5-22H,1-4H3/q+2. The molecule has 0 amide bonds. The molecule has 0 atom stereocenters. The number of hydrogen-bond acceptors (Lipinski definition) is 0. The molecule has 0 spiro atoms. The molecule has 0 heterocycles. The molecular formula is C25H30NP+2. The summed E-state index contributed by atoms with van der Waals surface area (Å²) in [5.74, 6) is 2.56. The summed E-state index contributed by atoms with van der Waals surface area (Å²) in [6.45, 7) is 9.14. The summed E-state index contributed by atoms with van der Waals surface area (Å²) in [6, 6.07) is 34.0. The highest BCUT2D eigenvalue weighted by Crippen LogP contribution is 2.52. The number of hydrogen-bond donors (Lipinski definition) is 0. The van der Waals surface area contributed by atoms with E-state index in [4.69, 9.17) is 0 Å². The number of benzene rings is 3. The predicted molar refractivity (Wildman–Crippen MR) is 122 cm³/mol. The molecule has 1 nitrogen and oxygen atoms in total. The Balaban J connectivity index is 2.41. The molecule has 2 heteroatoms. The fourth-order valence-electron chi connectivity index (χ4n) is 3.70. The van der Waals surface area contributed by atoms with Crippen LogP contribution in [-0.2, 0) is 0 Å². The van der Waals surface area contributed by atoms with Gasteiger partial charge >= 0.3 is 0 Å². The summed E-state index contributed by atoms with van der Waals surface area (Å²) in [4.78, 5) is 0. The normalized spacial score (nSPS) is 11.6. The molecule has 0 radical (unpaired) electrons. The summed E-state index contributed by atoms with van der Waals surface area (Å²) in [7, 11) is -1.92. The molecule has 3 aromatic carbocycles. The van der Waals surface area contributed by atoms with Crippen molar-refractivity contribution in [2.45, 2.75) is 39.8 Å². The highest BCUT2D eigenvalue weighted by molar-refractivity contribution is 8.06. The van der Waals surface area contributed by atoms with Gasteiger partial charge in [0.1, 0.15) is 15.9 Å². The maximum absolute atomic E-state index is 2.56. The third-order valence-corrected chi connectivity index (χ3v) is 8.94. The second kappa shape index (κ2) is 8.63. The van der Waals surface area contributed by atoms with Gasteiger partial charge in [0, 0.05) is 0 Å². The summed E-state index contributed by atoms with van der Waals surface area (Å²) >= 11 is 0. The zero-order valence-electron chi connectivity index (χ0n) is 16.8. The molecule has 0 unspecified atom stereocenters. The molecule has 0 aliphatic heterocycles. The predicted octanol–water partition coefficient (Wildman–Crippen LogP) is 4.84. The van der Waals surface area contributed by atoms with E-state index in [-0.39, 0.29) is 0 Å². The lowest BCUT2D eigenvalue weighted by Crippen LogP contribution is -2.38. The van der Waals surface area contributed by atoms with Crippen LogP contribution in [0.15, 0.2) is 91.0 Å². The third kappa shape index (κ3) is 4.04. The van der Waals surface area contributed by atoms with Crippen molar-refractivity contribution in [1.82, 2.24) is 0 Å². The molecule has 0 bridgehead atoms. The van der Waals surface area contributed by atoms with E-state index in [1.807, 2.05) is 0 Å². The summed E-state index contributed by atoms with van der Waals surface area (Å²) in [5, 5.41) is 4.19. The fourth-order valence-corrected chi connectivity index (χ4v) is 7.85. The number of nitrogens with zero attached hydrogens (tertiary/aromatic N) is 1. The summed E-state index contributed by atoms with van der Waals surface area (Å²) in [5.41, 5.74) is 0. The van der Waals surface area contributed by atoms with Gasteiger partial charge in [-0.05, 0) is 64.1 Å². The minimum absolute atomic E-state index is 0.445. The molecule has 0 aliphatic carbocycles. The average molecular weight is 375 g/mol. The van der Waals surface area contributed by atoms with Crippen LogP contribution in [0.1, 0.15) is 27.7 Å². The first-order chi connectivity index (χ1) is 13.1. The van der Waals surface area contributed by atoms with Crippen LogP contribution in [0.4, 0.5) is 0 Å². The van der Waals surface area contributed by atoms with Gasteiger partial charge in [0.15, 0.2) is 12.1 Å². The maximum Gasteiger partial charge on any atom is 0.292 e. The summed E-state index contributed by atoms with van der Waals surface area (Å²) in [6.07, 6.45) is 0. The van der Waals surface area contributed by atoms with Crippen molar-refractivity contribution in [1.29, 1.82) is 0 Å². The van der Waals surface area contributed by atoms with Gasteiger partial charge < -0.3 is 0 Å². The Morgan fingerprint density at radius 3 is 1.11 bits per heavy atom. The molecule has 0 saturated heterocycles. The molecule has 0 N–H and O–H groups in total. The van der Waals surface area contributed by atoms with Gasteiger partial charge in [0.2, 0.25) is 7.26 Å². The van der Waals surface area contributed by atoms with Crippen LogP contribution in [0, 0.1) is 0 Å². The zero-order valence-corrected chi connectivity index (χ0v) is 17.7. The Kier molecular flexibility index (Phi) is 6.24. The Labute approximate surface area is 164 Å². The van der Waals surface area contributed by atoms with Gasteiger partial charge in [-0.2, -0.15) is 0 Å². The Hall–Kier alpha value is -2.24. The Morgan fingerprint density at radius 2 is 0.852 bits per heavy atom. The molecule has 0 aliphatic rings. The lowest BCUT2D eigenvalue weighted by molar-refractivity contribution is -0.581. The lowest BCUT2D eigenvalue weighted by atomic mass is 10.3. The van der Waals surface area contributed by atoms with E-state index in [2.05, 4.69) is 129 Å². The second-order valence-electron chi connectivity index (χ2n) is 7.48. The lowest BCUT2D eigenvalue weighted by Gasteiger charge is -2.23. The van der Waals surface area contributed by atoms with Crippen LogP contribution in [-0.4, -0.2) is 22.6 Å². The SMILES string of the molecule is CC(C)[N+](=C[P+](c1ccccc1)(c1ccccc1)c1ccccc1)C(C)C. The van der Waals surface area contributed by atoms with Crippen molar-refractivity contribution >= 4 is 29.1 Å². The van der Waals surface area contributed by atoms with E-state index in [0.29, 0.717) is 12.1 Å². The Morgan fingerprint density at radius 1 is 0.556 bits per heavy atom. The minimum Gasteiger partial charge on any atom is -0.202 e. The quantitative estimate of drug-likeness (QED) is 0.330. The van der Waals surface area contributed by atoms with E-state index in [0.717, 1.165) is 0 Å². The topological polar surface area (TPSA) is 3.01 Å². The van der Waals surface area contributed by atoms with Gasteiger partial charge in [-0.3, -0.25) is 0 Å². The fraction of sp³-hybridized carbons (Fsp3) is 0.240. The van der Waals surface area contributed by atoms with Crippen LogP contribution in [0.2, 0.25) is 0 Å². The molecular weight excluding hydrogens is 345 g/mol. The molecule has 0 aromatic heterocycles. The highest BCUT2D eigenvalue weighted by atomic mass is 31.2. The molecule has 3 rings (SSSR count). The molecule has 138 valence electrons. The largest absolute Gasteiger partial charge is 0.292 e. The third-order valence-electron chi connectivity index (χ3n) is 4.99. The second-order valence-corrected chi connectivity index (χ2v) is 10.7. The van der Waals surface area contributed by atoms with Crippen molar-refractivity contribution in [2.75, 3.05) is 0 Å². The van der Waals surface area contributed by atoms with Gasteiger partial charge in [0.05, 0.1) is 0 Å². The molecule has 3 aromatic rings.